The molecule has 4 rings (SSSR count). The lowest BCUT2D eigenvalue weighted by atomic mass is 9.73. The van der Waals surface area contributed by atoms with Gasteiger partial charge >= 0.3 is 6.03 Å². The Morgan fingerprint density at radius 1 is 1.15 bits per heavy atom. The Balaban J connectivity index is 1.47. The van der Waals surface area contributed by atoms with Crippen molar-refractivity contribution in [2.45, 2.75) is 43.0 Å². The maximum absolute atomic E-state index is 13.1. The van der Waals surface area contributed by atoms with Crippen LogP contribution >= 0.6 is 0 Å². The minimum atomic E-state index is -3.86. The average molecular weight is 485 g/mol. The number of sulfonamides is 1. The summed E-state index contributed by atoms with van der Waals surface area (Å²) in [4.78, 5) is 39.2. The van der Waals surface area contributed by atoms with Crippen LogP contribution in [0.1, 0.15) is 32.6 Å². The molecule has 2 N–H and O–H groups in total. The Labute approximate surface area is 199 Å². The van der Waals surface area contributed by atoms with E-state index in [1.54, 1.807) is 36.4 Å². The van der Waals surface area contributed by atoms with Gasteiger partial charge in [0.25, 0.3) is 15.9 Å². The predicted octanol–water partition coefficient (Wildman–Crippen LogP) is 2.95. The number of hydrogen-bond donors (Lipinski definition) is 2. The fraction of sp³-hybridized carbons (Fsp3) is 0.375. The van der Waals surface area contributed by atoms with Crippen molar-refractivity contribution in [2.24, 2.45) is 5.92 Å². The van der Waals surface area contributed by atoms with E-state index in [0.717, 1.165) is 28.5 Å². The predicted molar refractivity (Wildman–Crippen MR) is 128 cm³/mol. The Bertz CT molecular complexity index is 1220. The smallest absolute Gasteiger partial charge is 0.324 e. The van der Waals surface area contributed by atoms with Crippen molar-refractivity contribution < 1.29 is 22.8 Å². The van der Waals surface area contributed by atoms with E-state index in [0.29, 0.717) is 12.1 Å². The van der Waals surface area contributed by atoms with E-state index in [9.17, 15) is 22.8 Å². The molecule has 0 aromatic heterocycles. The number of urea groups is 1. The summed E-state index contributed by atoms with van der Waals surface area (Å²) in [6.45, 7) is 1.50. The van der Waals surface area contributed by atoms with Gasteiger partial charge in [-0.2, -0.15) is 0 Å². The number of hydrogen-bond acceptors (Lipinski definition) is 5. The number of anilines is 2. The van der Waals surface area contributed by atoms with Crippen molar-refractivity contribution in [1.82, 2.24) is 10.2 Å². The Morgan fingerprint density at radius 2 is 1.88 bits per heavy atom. The zero-order valence-corrected chi connectivity index (χ0v) is 20.0. The van der Waals surface area contributed by atoms with Crippen LogP contribution < -0.4 is 14.9 Å². The normalized spacial score (nSPS) is 22.5. The standard InChI is InChI=1S/C24H28N4O5S/c1-17-9-6-7-14-24(17)22(30)28(23(31)26-24)16-21(29)25-18-10-8-13-20(15-18)34(32,33)27(2)19-11-4-3-5-12-19/h3-5,8,10-13,15,17H,6-7,9,14,16H2,1-2H3,(H,25,29)(H,26,31)/t17-,24+/m0/s1. The molecule has 1 spiro atoms. The van der Waals surface area contributed by atoms with Crippen LogP contribution in [0.4, 0.5) is 16.2 Å². The van der Waals surface area contributed by atoms with Gasteiger partial charge in [0.1, 0.15) is 12.1 Å². The summed E-state index contributed by atoms with van der Waals surface area (Å²) in [6, 6.07) is 13.9. The minimum absolute atomic E-state index is 0.00151. The second kappa shape index (κ2) is 9.09. The highest BCUT2D eigenvalue weighted by atomic mass is 32.2. The van der Waals surface area contributed by atoms with Gasteiger partial charge in [0.05, 0.1) is 10.6 Å². The number of nitrogens with zero attached hydrogens (tertiary/aromatic N) is 2. The summed E-state index contributed by atoms with van der Waals surface area (Å²) in [5.74, 6) is -0.968. The highest BCUT2D eigenvalue weighted by Crippen LogP contribution is 2.38. The van der Waals surface area contributed by atoms with Crippen LogP contribution in [0.3, 0.4) is 0 Å². The molecule has 2 fully saturated rings. The van der Waals surface area contributed by atoms with E-state index in [2.05, 4.69) is 10.6 Å². The van der Waals surface area contributed by atoms with Gasteiger partial charge in [0.15, 0.2) is 0 Å². The summed E-state index contributed by atoms with van der Waals surface area (Å²) in [6.07, 6.45) is 3.25. The number of rotatable bonds is 6. The monoisotopic (exact) mass is 484 g/mol. The second-order valence-corrected chi connectivity index (χ2v) is 10.8. The van der Waals surface area contributed by atoms with Gasteiger partial charge in [0, 0.05) is 12.7 Å². The van der Waals surface area contributed by atoms with Crippen LogP contribution in [0, 0.1) is 5.92 Å². The maximum Gasteiger partial charge on any atom is 0.325 e. The third-order valence-electron chi connectivity index (χ3n) is 6.70. The molecule has 10 heteroatoms. The summed E-state index contributed by atoms with van der Waals surface area (Å²) in [7, 11) is -2.41. The third kappa shape index (κ3) is 4.25. The van der Waals surface area contributed by atoms with Crippen LogP contribution in [0.5, 0.6) is 0 Å². The molecule has 180 valence electrons. The second-order valence-electron chi connectivity index (χ2n) is 8.82. The van der Waals surface area contributed by atoms with Crippen molar-refractivity contribution in [3.63, 3.8) is 0 Å². The molecule has 0 radical (unpaired) electrons. The van der Waals surface area contributed by atoms with Crippen LogP contribution in [-0.4, -0.2) is 50.3 Å². The van der Waals surface area contributed by atoms with Crippen molar-refractivity contribution in [3.8, 4) is 0 Å². The first kappa shape index (κ1) is 23.7. The summed E-state index contributed by atoms with van der Waals surface area (Å²) in [5.41, 5.74) is -0.187. The van der Waals surface area contributed by atoms with E-state index < -0.39 is 34.0 Å². The van der Waals surface area contributed by atoms with E-state index in [1.807, 2.05) is 6.92 Å². The molecular weight excluding hydrogens is 456 g/mol. The molecule has 0 unspecified atom stereocenters. The van der Waals surface area contributed by atoms with Crippen LogP contribution in [0.15, 0.2) is 59.5 Å². The van der Waals surface area contributed by atoms with Gasteiger partial charge in [-0.3, -0.25) is 18.8 Å². The molecule has 2 aliphatic rings. The number of carbonyl (C=O) groups excluding carboxylic acids is 3. The highest BCUT2D eigenvalue weighted by molar-refractivity contribution is 7.92. The zero-order chi connectivity index (χ0) is 24.5. The van der Waals surface area contributed by atoms with Gasteiger partial charge in [-0.05, 0) is 49.1 Å². The van der Waals surface area contributed by atoms with E-state index in [4.69, 9.17) is 0 Å². The molecule has 34 heavy (non-hydrogen) atoms. The number of carbonyl (C=O) groups is 3. The molecule has 2 atom stereocenters. The maximum atomic E-state index is 13.1. The molecule has 1 saturated heterocycles. The molecule has 0 bridgehead atoms. The summed E-state index contributed by atoms with van der Waals surface area (Å²) >= 11 is 0. The fourth-order valence-electron chi connectivity index (χ4n) is 4.65. The van der Waals surface area contributed by atoms with E-state index >= 15 is 0 Å². The molecule has 1 heterocycles. The molecule has 1 aliphatic carbocycles. The molecular formula is C24H28N4O5S. The molecule has 1 saturated carbocycles. The number of amides is 4. The fourth-order valence-corrected chi connectivity index (χ4v) is 5.89. The number of para-hydroxylation sites is 1. The van der Waals surface area contributed by atoms with Crippen molar-refractivity contribution in [2.75, 3.05) is 23.2 Å². The highest BCUT2D eigenvalue weighted by Gasteiger charge is 2.55. The van der Waals surface area contributed by atoms with Crippen LogP contribution in [0.25, 0.3) is 0 Å². The number of imide groups is 1. The minimum Gasteiger partial charge on any atom is -0.324 e. The first-order valence-corrected chi connectivity index (χ1v) is 12.7. The van der Waals surface area contributed by atoms with E-state index in [1.165, 1.54) is 25.2 Å². The lowest BCUT2D eigenvalue weighted by molar-refractivity contribution is -0.136. The molecule has 4 amide bonds. The lowest BCUT2D eigenvalue weighted by Gasteiger charge is -2.36. The van der Waals surface area contributed by atoms with E-state index in [-0.39, 0.29) is 22.4 Å². The summed E-state index contributed by atoms with van der Waals surface area (Å²) < 4.78 is 27.2. The van der Waals surface area contributed by atoms with Crippen LogP contribution in [0.2, 0.25) is 0 Å². The first-order chi connectivity index (χ1) is 16.1. The SMILES string of the molecule is C[C@H]1CCCC[C@@]12NC(=O)N(CC(=O)Nc1cccc(S(=O)(=O)N(C)c3ccccc3)c1)C2=O. The van der Waals surface area contributed by atoms with Crippen molar-refractivity contribution >= 4 is 39.2 Å². The molecule has 1 aliphatic heterocycles. The Kier molecular flexibility index (Phi) is 6.35. The number of nitrogens with one attached hydrogen (secondary N) is 2. The zero-order valence-electron chi connectivity index (χ0n) is 19.2. The van der Waals surface area contributed by atoms with Gasteiger partial charge in [0.2, 0.25) is 5.91 Å². The Hall–Kier alpha value is -3.40. The third-order valence-corrected chi connectivity index (χ3v) is 8.48. The first-order valence-electron chi connectivity index (χ1n) is 11.2. The number of benzene rings is 2. The quantitative estimate of drug-likeness (QED) is 0.612. The summed E-state index contributed by atoms with van der Waals surface area (Å²) in [5, 5.41) is 5.43. The molecule has 9 nitrogen and oxygen atoms in total. The van der Waals surface area contributed by atoms with Crippen molar-refractivity contribution in [3.05, 3.63) is 54.6 Å². The molecule has 2 aromatic carbocycles. The van der Waals surface area contributed by atoms with Gasteiger partial charge in [-0.25, -0.2) is 13.2 Å². The largest absolute Gasteiger partial charge is 0.325 e. The van der Waals surface area contributed by atoms with Gasteiger partial charge < -0.3 is 10.6 Å². The topological polar surface area (TPSA) is 116 Å². The van der Waals surface area contributed by atoms with Gasteiger partial charge in [-0.15, -0.1) is 0 Å². The average Bonchev–Trinajstić information content (AvgIpc) is 3.06. The van der Waals surface area contributed by atoms with Crippen LogP contribution in [-0.2, 0) is 19.6 Å². The van der Waals surface area contributed by atoms with Crippen molar-refractivity contribution in [1.29, 1.82) is 0 Å². The molecule has 2 aromatic rings. The lowest BCUT2D eigenvalue weighted by Crippen LogP contribution is -2.54. The Morgan fingerprint density at radius 3 is 2.59 bits per heavy atom. The van der Waals surface area contributed by atoms with Gasteiger partial charge in [-0.1, -0.05) is 44.0 Å².